The van der Waals surface area contributed by atoms with Gasteiger partial charge in [-0.1, -0.05) is 17.3 Å². The van der Waals surface area contributed by atoms with Crippen molar-refractivity contribution in [3.8, 4) is 23.0 Å². The third kappa shape index (κ3) is 3.99. The second-order valence-corrected chi connectivity index (χ2v) is 8.72. The molecule has 3 heterocycles. The van der Waals surface area contributed by atoms with Gasteiger partial charge >= 0.3 is 0 Å². The number of furan rings is 1. The zero-order valence-electron chi connectivity index (χ0n) is 17.5. The molecule has 3 aromatic heterocycles. The average Bonchev–Trinajstić information content (AvgIpc) is 3.49. The molecule has 31 heavy (non-hydrogen) atoms. The molecule has 4 rings (SSSR count). The van der Waals surface area contributed by atoms with Crippen LogP contribution in [0.1, 0.15) is 29.8 Å². The molecule has 1 N–H and O–H groups in total. The first-order valence-electron chi connectivity index (χ1n) is 9.53. The topological polar surface area (TPSA) is 112 Å². The normalized spacial score (nSPS) is 12.8. The van der Waals surface area contributed by atoms with E-state index in [9.17, 15) is 8.42 Å². The SMILES string of the molecule is COc1ccccc1-n1cc(C(C)NS(=O)(=O)c2ccc(-c3onc(C)c3C)o2)cn1. The van der Waals surface area contributed by atoms with E-state index in [-0.39, 0.29) is 5.09 Å². The van der Waals surface area contributed by atoms with Gasteiger partial charge < -0.3 is 13.7 Å². The summed E-state index contributed by atoms with van der Waals surface area (Å²) < 4.78 is 46.1. The Morgan fingerprint density at radius 3 is 2.65 bits per heavy atom. The summed E-state index contributed by atoms with van der Waals surface area (Å²) >= 11 is 0. The zero-order valence-corrected chi connectivity index (χ0v) is 18.3. The van der Waals surface area contributed by atoms with E-state index in [1.54, 1.807) is 44.1 Å². The lowest BCUT2D eigenvalue weighted by Crippen LogP contribution is -2.26. The van der Waals surface area contributed by atoms with Gasteiger partial charge in [-0.25, -0.2) is 17.8 Å². The number of sulfonamides is 1. The van der Waals surface area contributed by atoms with Crippen molar-refractivity contribution in [2.45, 2.75) is 31.9 Å². The number of para-hydroxylation sites is 2. The van der Waals surface area contributed by atoms with Crippen LogP contribution in [-0.2, 0) is 10.0 Å². The fourth-order valence-corrected chi connectivity index (χ4v) is 4.27. The number of aryl methyl sites for hydroxylation is 1. The molecule has 1 atom stereocenters. The number of methoxy groups -OCH3 is 1. The first kappa shape index (κ1) is 20.9. The first-order chi connectivity index (χ1) is 14.8. The Bertz CT molecular complexity index is 1320. The van der Waals surface area contributed by atoms with Crippen LogP contribution in [0.4, 0.5) is 0 Å². The minimum atomic E-state index is -3.91. The summed E-state index contributed by atoms with van der Waals surface area (Å²) in [6.07, 6.45) is 3.35. The van der Waals surface area contributed by atoms with Gasteiger partial charge in [0.25, 0.3) is 10.0 Å². The fourth-order valence-electron chi connectivity index (χ4n) is 3.10. The quantitative estimate of drug-likeness (QED) is 0.463. The van der Waals surface area contributed by atoms with Crippen LogP contribution >= 0.6 is 0 Å². The predicted molar refractivity (Wildman–Crippen MR) is 113 cm³/mol. The highest BCUT2D eigenvalue weighted by atomic mass is 32.2. The molecule has 0 spiro atoms. The van der Waals surface area contributed by atoms with Crippen molar-refractivity contribution in [2.75, 3.05) is 7.11 Å². The molecule has 0 fully saturated rings. The van der Waals surface area contributed by atoms with Gasteiger partial charge in [0.1, 0.15) is 11.4 Å². The molecular weight excluding hydrogens is 420 g/mol. The number of nitrogens with zero attached hydrogens (tertiary/aromatic N) is 3. The van der Waals surface area contributed by atoms with E-state index in [4.69, 9.17) is 13.7 Å². The van der Waals surface area contributed by atoms with Gasteiger partial charge in [-0.3, -0.25) is 0 Å². The van der Waals surface area contributed by atoms with Crippen LogP contribution in [0.15, 0.2) is 62.8 Å². The van der Waals surface area contributed by atoms with Crippen LogP contribution in [0.25, 0.3) is 17.2 Å². The minimum absolute atomic E-state index is 0.208. The van der Waals surface area contributed by atoms with Crippen molar-refractivity contribution in [3.63, 3.8) is 0 Å². The first-order valence-corrected chi connectivity index (χ1v) is 11.0. The van der Waals surface area contributed by atoms with Crippen LogP contribution < -0.4 is 9.46 Å². The molecule has 0 aliphatic rings. The van der Waals surface area contributed by atoms with E-state index >= 15 is 0 Å². The van der Waals surface area contributed by atoms with Gasteiger partial charge in [0, 0.05) is 23.4 Å². The fraction of sp³-hybridized carbons (Fsp3) is 0.238. The number of aromatic nitrogens is 3. The average molecular weight is 442 g/mol. The Labute approximate surface area is 179 Å². The van der Waals surface area contributed by atoms with Crippen molar-refractivity contribution < 1.29 is 22.1 Å². The monoisotopic (exact) mass is 442 g/mol. The summed E-state index contributed by atoms with van der Waals surface area (Å²) in [6, 6.07) is 9.82. The molecule has 0 amide bonds. The van der Waals surface area contributed by atoms with Crippen molar-refractivity contribution in [2.24, 2.45) is 0 Å². The molecule has 4 aromatic rings. The van der Waals surface area contributed by atoms with Gasteiger partial charge in [0.15, 0.2) is 5.76 Å². The number of ether oxygens (including phenoxy) is 1. The van der Waals surface area contributed by atoms with Gasteiger partial charge in [0.2, 0.25) is 10.9 Å². The number of rotatable bonds is 7. The summed E-state index contributed by atoms with van der Waals surface area (Å²) in [6.45, 7) is 5.36. The van der Waals surface area contributed by atoms with E-state index in [0.29, 0.717) is 22.8 Å². The van der Waals surface area contributed by atoms with E-state index in [1.165, 1.54) is 6.07 Å². The second kappa shape index (κ2) is 8.05. The Kier molecular flexibility index (Phi) is 5.42. The minimum Gasteiger partial charge on any atom is -0.494 e. The van der Waals surface area contributed by atoms with E-state index in [0.717, 1.165) is 16.9 Å². The molecule has 162 valence electrons. The highest BCUT2D eigenvalue weighted by Crippen LogP contribution is 2.29. The van der Waals surface area contributed by atoms with Crippen molar-refractivity contribution in [1.29, 1.82) is 0 Å². The van der Waals surface area contributed by atoms with E-state index in [1.807, 2.05) is 31.2 Å². The zero-order chi connectivity index (χ0) is 22.2. The molecule has 0 bridgehead atoms. The molecule has 0 aliphatic heterocycles. The van der Waals surface area contributed by atoms with Crippen LogP contribution in [0.3, 0.4) is 0 Å². The van der Waals surface area contributed by atoms with Crippen LogP contribution in [0.5, 0.6) is 5.75 Å². The summed E-state index contributed by atoms with van der Waals surface area (Å²) in [5.41, 5.74) is 2.95. The molecule has 0 saturated heterocycles. The highest BCUT2D eigenvalue weighted by Gasteiger charge is 2.25. The van der Waals surface area contributed by atoms with E-state index < -0.39 is 16.1 Å². The molecule has 1 unspecified atom stereocenters. The maximum atomic E-state index is 12.8. The lowest BCUT2D eigenvalue weighted by molar-refractivity contribution is 0.396. The third-order valence-corrected chi connectivity index (χ3v) is 6.41. The van der Waals surface area contributed by atoms with Gasteiger partial charge in [-0.05, 0) is 45.0 Å². The van der Waals surface area contributed by atoms with Crippen LogP contribution in [0.2, 0.25) is 0 Å². The second-order valence-electron chi connectivity index (χ2n) is 7.07. The number of benzene rings is 1. The van der Waals surface area contributed by atoms with Crippen LogP contribution in [0, 0.1) is 13.8 Å². The summed E-state index contributed by atoms with van der Waals surface area (Å²) in [5, 5.41) is 8.00. The number of hydrogen-bond donors (Lipinski definition) is 1. The predicted octanol–water partition coefficient (Wildman–Crippen LogP) is 3.79. The standard InChI is InChI=1S/C21H22N4O5S/c1-13-14(2)23-30-21(13)19-9-10-20(29-19)31(26,27)24-15(3)16-11-22-25(12-16)17-7-5-6-8-18(17)28-4/h5-12,15,24H,1-4H3. The molecule has 0 aliphatic carbocycles. The molecule has 9 nitrogen and oxygen atoms in total. The molecule has 1 aromatic carbocycles. The smallest absolute Gasteiger partial charge is 0.274 e. The number of hydrogen-bond acceptors (Lipinski definition) is 7. The number of nitrogens with one attached hydrogen (secondary N) is 1. The van der Waals surface area contributed by atoms with E-state index in [2.05, 4.69) is 15.0 Å². The largest absolute Gasteiger partial charge is 0.494 e. The third-order valence-electron chi connectivity index (χ3n) is 4.99. The van der Waals surface area contributed by atoms with Gasteiger partial charge in [-0.15, -0.1) is 0 Å². The Hall–Kier alpha value is -3.37. The van der Waals surface area contributed by atoms with Crippen molar-refractivity contribution in [1.82, 2.24) is 19.7 Å². The molecule has 0 radical (unpaired) electrons. The molecule has 0 saturated carbocycles. The van der Waals surface area contributed by atoms with Gasteiger partial charge in [-0.2, -0.15) is 5.10 Å². The van der Waals surface area contributed by atoms with Crippen molar-refractivity contribution >= 4 is 10.0 Å². The maximum Gasteiger partial charge on any atom is 0.274 e. The Morgan fingerprint density at radius 1 is 1.16 bits per heavy atom. The summed E-state index contributed by atoms with van der Waals surface area (Å²) in [4.78, 5) is 0. The lowest BCUT2D eigenvalue weighted by atomic mass is 10.2. The lowest BCUT2D eigenvalue weighted by Gasteiger charge is -2.11. The Balaban J connectivity index is 1.54. The van der Waals surface area contributed by atoms with Crippen LogP contribution in [-0.4, -0.2) is 30.5 Å². The maximum absolute atomic E-state index is 12.8. The summed E-state index contributed by atoms with van der Waals surface area (Å²) in [7, 11) is -2.33. The summed E-state index contributed by atoms with van der Waals surface area (Å²) in [5.74, 6) is 1.37. The highest BCUT2D eigenvalue weighted by molar-refractivity contribution is 7.89. The van der Waals surface area contributed by atoms with Crippen molar-refractivity contribution in [3.05, 3.63) is 65.6 Å². The van der Waals surface area contributed by atoms with Gasteiger partial charge in [0.05, 0.1) is 19.0 Å². The Morgan fingerprint density at radius 2 is 1.94 bits per heavy atom. The molecule has 10 heteroatoms. The molecular formula is C21H22N4O5S.